The molecule has 1 aromatic heterocycles. The topological polar surface area (TPSA) is 76.2 Å². The molecule has 2 aromatic rings. The number of nitrogens with one attached hydrogen (secondary N) is 1. The number of furan rings is 1. The molecule has 0 unspecified atom stereocenters. The van der Waals surface area contributed by atoms with E-state index in [0.29, 0.717) is 24.0 Å². The minimum atomic E-state index is -0.208. The van der Waals surface area contributed by atoms with Crippen LogP contribution < -0.4 is 10.1 Å². The normalized spacial score (nSPS) is 19.1. The standard InChI is InChI=1S/C17H17N3O3S/c1-2-22-13-7-5-12(6-8-13)10-15-16(21)19-17(24-15)20-18-11-14-4-3-9-23-14/h3-9,11,15H,2,10H2,1H3,(H,19,20,21)/b18-11+/t15-/m1/s1. The predicted octanol–water partition coefficient (Wildman–Crippen LogP) is 2.84. The molecule has 24 heavy (non-hydrogen) atoms. The summed E-state index contributed by atoms with van der Waals surface area (Å²) in [6, 6.07) is 11.3. The zero-order valence-electron chi connectivity index (χ0n) is 13.1. The smallest absolute Gasteiger partial charge is 0.239 e. The summed E-state index contributed by atoms with van der Waals surface area (Å²) >= 11 is 1.38. The van der Waals surface area contributed by atoms with Gasteiger partial charge in [0.2, 0.25) is 5.91 Å². The predicted molar refractivity (Wildman–Crippen MR) is 94.6 cm³/mol. The van der Waals surface area contributed by atoms with Crippen LogP contribution in [-0.4, -0.2) is 29.1 Å². The Morgan fingerprint density at radius 1 is 1.33 bits per heavy atom. The molecule has 0 spiro atoms. The van der Waals surface area contributed by atoms with E-state index in [4.69, 9.17) is 9.15 Å². The second kappa shape index (κ2) is 7.83. The van der Waals surface area contributed by atoms with Crippen LogP contribution >= 0.6 is 11.8 Å². The Bertz CT molecular complexity index is 739. The first-order valence-corrected chi connectivity index (χ1v) is 8.46. The molecule has 6 nitrogen and oxygen atoms in total. The quantitative estimate of drug-likeness (QED) is 0.646. The number of amides is 1. The molecule has 0 bridgehead atoms. The van der Waals surface area contributed by atoms with Gasteiger partial charge >= 0.3 is 0 Å². The number of ether oxygens (including phenoxy) is 1. The first-order chi connectivity index (χ1) is 11.7. The van der Waals surface area contributed by atoms with Crippen LogP contribution in [0.1, 0.15) is 18.2 Å². The van der Waals surface area contributed by atoms with Gasteiger partial charge in [0.05, 0.1) is 24.3 Å². The van der Waals surface area contributed by atoms with Crippen molar-refractivity contribution in [3.63, 3.8) is 0 Å². The van der Waals surface area contributed by atoms with Gasteiger partial charge in [0, 0.05) is 0 Å². The Hall–Kier alpha value is -2.54. The highest BCUT2D eigenvalue weighted by atomic mass is 32.2. The lowest BCUT2D eigenvalue weighted by Crippen LogP contribution is -2.25. The molecule has 1 fully saturated rings. The van der Waals surface area contributed by atoms with Gasteiger partial charge < -0.3 is 14.5 Å². The Labute approximate surface area is 144 Å². The minimum Gasteiger partial charge on any atom is -0.494 e. The van der Waals surface area contributed by atoms with Gasteiger partial charge in [-0.05, 0) is 43.2 Å². The number of benzene rings is 1. The van der Waals surface area contributed by atoms with Crippen molar-refractivity contribution in [3.05, 3.63) is 54.0 Å². The van der Waals surface area contributed by atoms with Crippen LogP contribution in [0.3, 0.4) is 0 Å². The maximum Gasteiger partial charge on any atom is 0.239 e. The molecular weight excluding hydrogens is 326 g/mol. The summed E-state index contributed by atoms with van der Waals surface area (Å²) < 4.78 is 10.5. The largest absolute Gasteiger partial charge is 0.494 e. The summed E-state index contributed by atoms with van der Waals surface area (Å²) in [5.41, 5.74) is 1.08. The minimum absolute atomic E-state index is 0.0548. The van der Waals surface area contributed by atoms with Crippen LogP contribution in [0, 0.1) is 0 Å². The van der Waals surface area contributed by atoms with E-state index in [0.717, 1.165) is 11.3 Å². The number of carbonyl (C=O) groups excluding carboxylic acids is 1. The molecule has 1 saturated heterocycles. The lowest BCUT2D eigenvalue weighted by Gasteiger charge is -2.07. The van der Waals surface area contributed by atoms with Crippen molar-refractivity contribution in [2.75, 3.05) is 6.61 Å². The Morgan fingerprint density at radius 2 is 2.17 bits per heavy atom. The van der Waals surface area contributed by atoms with E-state index in [2.05, 4.69) is 15.5 Å². The fourth-order valence-corrected chi connectivity index (χ4v) is 3.16. The average Bonchev–Trinajstić information content (AvgIpc) is 3.20. The van der Waals surface area contributed by atoms with E-state index in [-0.39, 0.29) is 11.2 Å². The third-order valence-electron chi connectivity index (χ3n) is 3.31. The van der Waals surface area contributed by atoms with E-state index >= 15 is 0 Å². The van der Waals surface area contributed by atoms with Crippen molar-refractivity contribution < 1.29 is 13.9 Å². The number of rotatable bonds is 6. The first kappa shape index (κ1) is 16.3. The van der Waals surface area contributed by atoms with Crippen molar-refractivity contribution >= 4 is 29.1 Å². The van der Waals surface area contributed by atoms with Gasteiger partial charge in [0.15, 0.2) is 5.17 Å². The molecular formula is C17H17N3O3S. The lowest BCUT2D eigenvalue weighted by molar-refractivity contribution is -0.118. The molecule has 124 valence electrons. The van der Waals surface area contributed by atoms with Crippen LogP contribution in [0.25, 0.3) is 0 Å². The summed E-state index contributed by atoms with van der Waals surface area (Å²) in [6.45, 7) is 2.58. The van der Waals surface area contributed by atoms with Gasteiger partial charge in [0.25, 0.3) is 0 Å². The molecule has 1 aromatic carbocycles. The highest BCUT2D eigenvalue weighted by molar-refractivity contribution is 8.15. The molecule has 1 atom stereocenters. The first-order valence-electron chi connectivity index (χ1n) is 7.58. The summed E-state index contributed by atoms with van der Waals surface area (Å²) in [4.78, 5) is 12.0. The van der Waals surface area contributed by atoms with Gasteiger partial charge in [-0.2, -0.15) is 5.10 Å². The number of carbonyl (C=O) groups is 1. The summed E-state index contributed by atoms with van der Waals surface area (Å²) in [7, 11) is 0. The zero-order valence-corrected chi connectivity index (χ0v) is 14.0. The van der Waals surface area contributed by atoms with Crippen LogP contribution in [0.5, 0.6) is 5.75 Å². The van der Waals surface area contributed by atoms with Gasteiger partial charge in [-0.1, -0.05) is 23.9 Å². The molecule has 1 aliphatic rings. The zero-order chi connectivity index (χ0) is 16.8. The highest BCUT2D eigenvalue weighted by Gasteiger charge is 2.30. The van der Waals surface area contributed by atoms with Crippen molar-refractivity contribution in [1.82, 2.24) is 5.32 Å². The summed E-state index contributed by atoms with van der Waals surface area (Å²) in [6.07, 6.45) is 3.69. The maximum absolute atomic E-state index is 12.0. The maximum atomic E-state index is 12.0. The summed E-state index contributed by atoms with van der Waals surface area (Å²) in [5.74, 6) is 1.39. The van der Waals surface area contributed by atoms with Crippen LogP contribution in [-0.2, 0) is 11.2 Å². The van der Waals surface area contributed by atoms with Crippen molar-refractivity contribution in [2.45, 2.75) is 18.6 Å². The van der Waals surface area contributed by atoms with Crippen molar-refractivity contribution in [1.29, 1.82) is 0 Å². The van der Waals surface area contributed by atoms with Crippen molar-refractivity contribution in [3.8, 4) is 5.75 Å². The van der Waals surface area contributed by atoms with Gasteiger partial charge in [-0.15, -0.1) is 5.10 Å². The van der Waals surface area contributed by atoms with Crippen LogP contribution in [0.2, 0.25) is 0 Å². The third kappa shape index (κ3) is 4.26. The van der Waals surface area contributed by atoms with E-state index < -0.39 is 0 Å². The Balaban J connectivity index is 1.58. The molecule has 1 N–H and O–H groups in total. The Morgan fingerprint density at radius 3 is 2.88 bits per heavy atom. The van der Waals surface area contributed by atoms with E-state index in [1.807, 2.05) is 31.2 Å². The molecule has 0 aliphatic carbocycles. The summed E-state index contributed by atoms with van der Waals surface area (Å²) in [5, 5.41) is 11.0. The molecule has 7 heteroatoms. The fourth-order valence-electron chi connectivity index (χ4n) is 2.19. The SMILES string of the molecule is CCOc1ccc(C[C@H]2S/C(=N/N=C/c3ccco3)NC2=O)cc1. The van der Waals surface area contributed by atoms with Gasteiger partial charge in [-0.25, -0.2) is 0 Å². The van der Waals surface area contributed by atoms with Crippen LogP contribution in [0.15, 0.2) is 57.3 Å². The van der Waals surface area contributed by atoms with Gasteiger partial charge in [0.1, 0.15) is 11.5 Å². The molecule has 2 heterocycles. The third-order valence-corrected chi connectivity index (χ3v) is 4.38. The molecule has 0 saturated carbocycles. The molecule has 3 rings (SSSR count). The number of hydrogen-bond acceptors (Lipinski definition) is 6. The molecule has 1 amide bonds. The second-order valence-electron chi connectivity index (χ2n) is 5.04. The molecule has 0 radical (unpaired) electrons. The number of hydrogen-bond donors (Lipinski definition) is 1. The number of nitrogens with zero attached hydrogens (tertiary/aromatic N) is 2. The monoisotopic (exact) mass is 343 g/mol. The fraction of sp³-hybridized carbons (Fsp3) is 0.235. The average molecular weight is 343 g/mol. The van der Waals surface area contributed by atoms with Gasteiger partial charge in [-0.3, -0.25) is 4.79 Å². The van der Waals surface area contributed by atoms with Crippen LogP contribution in [0.4, 0.5) is 0 Å². The number of thioether (sulfide) groups is 1. The number of amidine groups is 1. The van der Waals surface area contributed by atoms with E-state index in [1.54, 1.807) is 18.4 Å². The van der Waals surface area contributed by atoms with E-state index in [9.17, 15) is 4.79 Å². The highest BCUT2D eigenvalue weighted by Crippen LogP contribution is 2.24. The Kier molecular flexibility index (Phi) is 5.32. The molecule has 1 aliphatic heterocycles. The van der Waals surface area contributed by atoms with Crippen molar-refractivity contribution in [2.24, 2.45) is 10.2 Å². The van der Waals surface area contributed by atoms with E-state index in [1.165, 1.54) is 18.0 Å². The second-order valence-corrected chi connectivity index (χ2v) is 6.23. The lowest BCUT2D eigenvalue weighted by atomic mass is 10.1.